The van der Waals surface area contributed by atoms with Crippen LogP contribution < -0.4 is 0 Å². The molecule has 0 spiro atoms. The summed E-state index contributed by atoms with van der Waals surface area (Å²) < 4.78 is 7.30. The van der Waals surface area contributed by atoms with Gasteiger partial charge >= 0.3 is 0 Å². The topological polar surface area (TPSA) is 47.4 Å². The second-order valence-corrected chi connectivity index (χ2v) is 6.54. The molecule has 2 aliphatic rings. The highest BCUT2D eigenvalue weighted by Gasteiger charge is 2.38. The van der Waals surface area contributed by atoms with Crippen molar-refractivity contribution in [2.45, 2.75) is 45.7 Å². The van der Waals surface area contributed by atoms with Gasteiger partial charge in [-0.05, 0) is 25.7 Å². The number of rotatable bonds is 4. The molecule has 1 unspecified atom stereocenters. The van der Waals surface area contributed by atoms with Crippen LogP contribution in [-0.2, 0) is 22.6 Å². The highest BCUT2D eigenvalue weighted by atomic mass is 16.5. The van der Waals surface area contributed by atoms with Gasteiger partial charge in [0, 0.05) is 50.3 Å². The van der Waals surface area contributed by atoms with Gasteiger partial charge in [-0.25, -0.2) is 0 Å². The van der Waals surface area contributed by atoms with E-state index in [1.807, 2.05) is 9.58 Å². The summed E-state index contributed by atoms with van der Waals surface area (Å²) >= 11 is 0. The van der Waals surface area contributed by atoms with Crippen LogP contribution in [0.15, 0.2) is 6.20 Å². The summed E-state index contributed by atoms with van der Waals surface area (Å²) in [5, 5.41) is 4.65. The fourth-order valence-corrected chi connectivity index (χ4v) is 3.59. The molecular weight excluding hydrogens is 266 g/mol. The number of aromatic nitrogens is 2. The van der Waals surface area contributed by atoms with E-state index in [0.717, 1.165) is 31.6 Å². The Morgan fingerprint density at radius 3 is 2.86 bits per heavy atom. The van der Waals surface area contributed by atoms with Crippen LogP contribution in [0.5, 0.6) is 0 Å². The molecular formula is C16H25N3O2. The van der Waals surface area contributed by atoms with Crippen LogP contribution >= 0.6 is 0 Å². The number of amides is 1. The number of ether oxygens (including phenoxy) is 1. The Balaban J connectivity index is 1.78. The van der Waals surface area contributed by atoms with Crippen molar-refractivity contribution >= 4 is 5.91 Å². The lowest BCUT2D eigenvalue weighted by Crippen LogP contribution is -2.45. The number of hydrogen-bond acceptors (Lipinski definition) is 3. The van der Waals surface area contributed by atoms with Crippen molar-refractivity contribution in [3.63, 3.8) is 0 Å². The van der Waals surface area contributed by atoms with Crippen LogP contribution in [0.1, 0.15) is 43.9 Å². The molecule has 1 amide bonds. The van der Waals surface area contributed by atoms with E-state index in [1.54, 1.807) is 7.11 Å². The first-order chi connectivity index (χ1) is 10.1. The molecule has 2 heterocycles. The average molecular weight is 291 g/mol. The standard InChI is InChI=1S/C16H25N3O2/c1-4-19-9-13-7-18(16(20)12-5-11(2)6-12)8-14(10-21-3)15(13)17-19/h9,11-12,14H,4-8,10H2,1-3H3. The maximum Gasteiger partial charge on any atom is 0.226 e. The molecule has 116 valence electrons. The lowest BCUT2D eigenvalue weighted by Gasteiger charge is -2.38. The molecule has 1 aromatic rings. The summed E-state index contributed by atoms with van der Waals surface area (Å²) in [5.41, 5.74) is 2.30. The van der Waals surface area contributed by atoms with E-state index in [2.05, 4.69) is 25.1 Å². The first-order valence-electron chi connectivity index (χ1n) is 7.96. The van der Waals surface area contributed by atoms with Crippen LogP contribution in [0.3, 0.4) is 0 Å². The molecule has 5 heteroatoms. The molecule has 21 heavy (non-hydrogen) atoms. The van der Waals surface area contributed by atoms with Gasteiger partial charge < -0.3 is 9.64 Å². The smallest absolute Gasteiger partial charge is 0.226 e. The van der Waals surface area contributed by atoms with E-state index in [0.29, 0.717) is 25.0 Å². The predicted octanol–water partition coefficient (Wildman–Crippen LogP) is 2.02. The van der Waals surface area contributed by atoms with Crippen molar-refractivity contribution in [1.82, 2.24) is 14.7 Å². The minimum absolute atomic E-state index is 0.202. The average Bonchev–Trinajstić information content (AvgIpc) is 2.87. The minimum atomic E-state index is 0.202. The van der Waals surface area contributed by atoms with E-state index in [4.69, 9.17) is 4.74 Å². The van der Waals surface area contributed by atoms with Gasteiger partial charge in [0.15, 0.2) is 0 Å². The van der Waals surface area contributed by atoms with Crippen LogP contribution in [0.25, 0.3) is 0 Å². The number of aryl methyl sites for hydroxylation is 1. The van der Waals surface area contributed by atoms with Crippen LogP contribution in [-0.4, -0.2) is 40.8 Å². The van der Waals surface area contributed by atoms with Crippen LogP contribution in [0.4, 0.5) is 0 Å². The van der Waals surface area contributed by atoms with Gasteiger partial charge in [0.05, 0.1) is 12.3 Å². The Hall–Kier alpha value is -1.36. The summed E-state index contributed by atoms with van der Waals surface area (Å²) in [5.74, 6) is 1.47. The van der Waals surface area contributed by atoms with Gasteiger partial charge in [0.1, 0.15) is 0 Å². The van der Waals surface area contributed by atoms with E-state index in [-0.39, 0.29) is 11.8 Å². The number of carbonyl (C=O) groups is 1. The third kappa shape index (κ3) is 2.71. The Kier molecular flexibility index (Phi) is 4.02. The van der Waals surface area contributed by atoms with Gasteiger partial charge in [0.2, 0.25) is 5.91 Å². The monoisotopic (exact) mass is 291 g/mol. The second-order valence-electron chi connectivity index (χ2n) is 6.54. The summed E-state index contributed by atoms with van der Waals surface area (Å²) in [7, 11) is 1.71. The molecule has 0 saturated heterocycles. The van der Waals surface area contributed by atoms with Crippen molar-refractivity contribution in [3.8, 4) is 0 Å². The van der Waals surface area contributed by atoms with Crippen LogP contribution in [0, 0.1) is 11.8 Å². The third-order valence-corrected chi connectivity index (χ3v) is 4.79. The van der Waals surface area contributed by atoms with E-state index < -0.39 is 0 Å². The zero-order valence-electron chi connectivity index (χ0n) is 13.2. The summed E-state index contributed by atoms with van der Waals surface area (Å²) in [6.07, 6.45) is 4.18. The normalized spacial score (nSPS) is 28.1. The number of hydrogen-bond donors (Lipinski definition) is 0. The lowest BCUT2D eigenvalue weighted by atomic mass is 9.75. The maximum absolute atomic E-state index is 12.6. The largest absolute Gasteiger partial charge is 0.384 e. The van der Waals surface area contributed by atoms with E-state index in [9.17, 15) is 4.79 Å². The molecule has 1 atom stereocenters. The van der Waals surface area contributed by atoms with E-state index in [1.165, 1.54) is 5.56 Å². The summed E-state index contributed by atoms with van der Waals surface area (Å²) in [4.78, 5) is 14.6. The molecule has 1 fully saturated rings. The highest BCUT2D eigenvalue weighted by molar-refractivity contribution is 5.80. The molecule has 1 aromatic heterocycles. The molecule has 1 saturated carbocycles. The van der Waals surface area contributed by atoms with Crippen LogP contribution in [0.2, 0.25) is 0 Å². The number of fused-ring (bicyclic) bond motifs is 1. The maximum atomic E-state index is 12.6. The molecule has 1 aliphatic heterocycles. The van der Waals surface area contributed by atoms with Crippen molar-refractivity contribution < 1.29 is 9.53 Å². The second kappa shape index (κ2) is 5.79. The molecule has 1 aliphatic carbocycles. The SMILES string of the molecule is CCn1cc2c(n1)C(COC)CN(C(=O)C1CC(C)C1)C2. The van der Waals surface area contributed by atoms with Gasteiger partial charge in [-0.1, -0.05) is 6.92 Å². The molecule has 5 nitrogen and oxygen atoms in total. The first kappa shape index (κ1) is 14.6. The summed E-state index contributed by atoms with van der Waals surface area (Å²) in [6, 6.07) is 0. The Labute approximate surface area is 126 Å². The van der Waals surface area contributed by atoms with Gasteiger partial charge in [-0.2, -0.15) is 5.10 Å². The Morgan fingerprint density at radius 1 is 1.48 bits per heavy atom. The van der Waals surface area contributed by atoms with Crippen molar-refractivity contribution in [3.05, 3.63) is 17.5 Å². The third-order valence-electron chi connectivity index (χ3n) is 4.79. The zero-order valence-corrected chi connectivity index (χ0v) is 13.2. The van der Waals surface area contributed by atoms with E-state index >= 15 is 0 Å². The fourth-order valence-electron chi connectivity index (χ4n) is 3.59. The van der Waals surface area contributed by atoms with Crippen molar-refractivity contribution in [2.24, 2.45) is 11.8 Å². The van der Waals surface area contributed by atoms with Crippen molar-refractivity contribution in [1.29, 1.82) is 0 Å². The van der Waals surface area contributed by atoms with Gasteiger partial charge in [-0.15, -0.1) is 0 Å². The Morgan fingerprint density at radius 2 is 2.24 bits per heavy atom. The quantitative estimate of drug-likeness (QED) is 0.852. The predicted molar refractivity (Wildman–Crippen MR) is 79.8 cm³/mol. The molecule has 0 radical (unpaired) electrons. The Bertz CT molecular complexity index is 520. The molecule has 0 aromatic carbocycles. The van der Waals surface area contributed by atoms with Gasteiger partial charge in [-0.3, -0.25) is 9.48 Å². The molecule has 0 bridgehead atoms. The zero-order chi connectivity index (χ0) is 15.0. The summed E-state index contributed by atoms with van der Waals surface area (Å²) in [6.45, 7) is 7.24. The number of carbonyl (C=O) groups excluding carboxylic acids is 1. The first-order valence-corrected chi connectivity index (χ1v) is 7.96. The molecule has 0 N–H and O–H groups in total. The fraction of sp³-hybridized carbons (Fsp3) is 0.750. The lowest BCUT2D eigenvalue weighted by molar-refractivity contribution is -0.141. The number of methoxy groups -OCH3 is 1. The van der Waals surface area contributed by atoms with Crippen molar-refractivity contribution in [2.75, 3.05) is 20.3 Å². The number of nitrogens with zero attached hydrogens (tertiary/aromatic N) is 3. The van der Waals surface area contributed by atoms with Gasteiger partial charge in [0.25, 0.3) is 0 Å². The molecule has 3 rings (SSSR count). The highest BCUT2D eigenvalue weighted by Crippen LogP contribution is 2.36. The minimum Gasteiger partial charge on any atom is -0.384 e.